The van der Waals surface area contributed by atoms with Gasteiger partial charge in [0, 0.05) is 11.6 Å². The van der Waals surface area contributed by atoms with Gasteiger partial charge >= 0.3 is 0 Å². The van der Waals surface area contributed by atoms with E-state index < -0.39 is 0 Å². The lowest BCUT2D eigenvalue weighted by molar-refractivity contribution is 0.0982. The average molecular weight is 189 g/mol. The maximum atomic E-state index is 11.6. The van der Waals surface area contributed by atoms with Crippen LogP contribution in [0.5, 0.6) is 0 Å². The fourth-order valence-electron chi connectivity index (χ4n) is 1.58. The number of Topliss-reactive ketones (excluding diaryl/α,β-unsaturated/α-hetero) is 1. The van der Waals surface area contributed by atoms with Crippen molar-refractivity contribution in [3.05, 3.63) is 35.9 Å². The molecule has 0 spiro atoms. The van der Waals surface area contributed by atoms with Crippen molar-refractivity contribution in [3.8, 4) is 0 Å². The van der Waals surface area contributed by atoms with Crippen LogP contribution in [0.2, 0.25) is 0 Å². The van der Waals surface area contributed by atoms with Gasteiger partial charge in [0.25, 0.3) is 0 Å². The summed E-state index contributed by atoms with van der Waals surface area (Å²) < 4.78 is 0. The van der Waals surface area contributed by atoms with Crippen LogP contribution in [0.1, 0.15) is 29.6 Å². The highest BCUT2D eigenvalue weighted by molar-refractivity contribution is 5.97. The summed E-state index contributed by atoms with van der Waals surface area (Å²) >= 11 is 0. The van der Waals surface area contributed by atoms with Crippen LogP contribution in [0.25, 0.3) is 0 Å². The van der Waals surface area contributed by atoms with E-state index in [-0.39, 0.29) is 5.78 Å². The van der Waals surface area contributed by atoms with Gasteiger partial charge in [-0.15, -0.1) is 0 Å². The molecular weight excluding hydrogens is 174 g/mol. The molecule has 74 valence electrons. The van der Waals surface area contributed by atoms with Gasteiger partial charge in [-0.2, -0.15) is 0 Å². The fraction of sp³-hybridized carbons (Fsp3) is 0.417. The van der Waals surface area contributed by atoms with Crippen molar-refractivity contribution < 1.29 is 4.79 Å². The second-order valence-electron chi connectivity index (χ2n) is 3.80. The molecule has 0 amide bonds. The van der Waals surface area contributed by atoms with Crippen molar-refractivity contribution in [2.45, 2.75) is 25.3 Å². The number of hydrogen-bond acceptors (Lipinski definition) is 2. The van der Waals surface area contributed by atoms with E-state index in [1.807, 2.05) is 30.3 Å². The van der Waals surface area contributed by atoms with Gasteiger partial charge in [0.1, 0.15) is 0 Å². The zero-order valence-corrected chi connectivity index (χ0v) is 8.20. The minimum atomic E-state index is 0.192. The Balaban J connectivity index is 1.83. The minimum Gasteiger partial charge on any atom is -0.307 e. The molecule has 2 rings (SSSR count). The van der Waals surface area contributed by atoms with Gasteiger partial charge in [-0.05, 0) is 12.8 Å². The highest BCUT2D eigenvalue weighted by Gasteiger charge is 2.17. The standard InChI is InChI=1S/C12H15NO/c14-12(9-13-11-7-4-8-11)10-5-2-1-3-6-10/h1-3,5-6,11,13H,4,7-9H2. The van der Waals surface area contributed by atoms with Crippen LogP contribution >= 0.6 is 0 Å². The first kappa shape index (κ1) is 9.41. The third-order valence-corrected chi connectivity index (χ3v) is 2.75. The molecular formula is C12H15NO. The Morgan fingerprint density at radius 3 is 2.57 bits per heavy atom. The minimum absolute atomic E-state index is 0.192. The van der Waals surface area contributed by atoms with Crippen LogP contribution < -0.4 is 5.32 Å². The third kappa shape index (κ3) is 2.20. The molecule has 1 saturated carbocycles. The Hall–Kier alpha value is -1.15. The monoisotopic (exact) mass is 189 g/mol. The van der Waals surface area contributed by atoms with E-state index in [0.717, 1.165) is 5.56 Å². The van der Waals surface area contributed by atoms with Crippen molar-refractivity contribution in [3.63, 3.8) is 0 Å². The molecule has 1 aromatic rings. The van der Waals surface area contributed by atoms with Crippen molar-refractivity contribution in [1.29, 1.82) is 0 Å². The number of rotatable bonds is 4. The molecule has 0 radical (unpaired) electrons. The van der Waals surface area contributed by atoms with E-state index in [1.165, 1.54) is 19.3 Å². The van der Waals surface area contributed by atoms with Crippen molar-refractivity contribution in [1.82, 2.24) is 5.32 Å². The van der Waals surface area contributed by atoms with Gasteiger partial charge in [0.2, 0.25) is 0 Å². The van der Waals surface area contributed by atoms with Crippen LogP contribution in [-0.4, -0.2) is 18.4 Å². The number of carbonyl (C=O) groups excluding carboxylic acids is 1. The predicted molar refractivity (Wildman–Crippen MR) is 56.4 cm³/mol. The molecule has 0 aromatic heterocycles. The first-order valence-corrected chi connectivity index (χ1v) is 5.18. The first-order valence-electron chi connectivity index (χ1n) is 5.18. The summed E-state index contributed by atoms with van der Waals surface area (Å²) in [4.78, 5) is 11.6. The van der Waals surface area contributed by atoms with E-state index >= 15 is 0 Å². The quantitative estimate of drug-likeness (QED) is 0.734. The predicted octanol–water partition coefficient (Wildman–Crippen LogP) is 2.01. The molecule has 1 aliphatic rings. The topological polar surface area (TPSA) is 29.1 Å². The molecule has 1 N–H and O–H groups in total. The summed E-state index contributed by atoms with van der Waals surface area (Å²) in [7, 11) is 0. The smallest absolute Gasteiger partial charge is 0.176 e. The van der Waals surface area contributed by atoms with E-state index in [2.05, 4.69) is 5.32 Å². The number of ketones is 1. The molecule has 0 saturated heterocycles. The second-order valence-corrected chi connectivity index (χ2v) is 3.80. The lowest BCUT2D eigenvalue weighted by atomic mass is 9.93. The normalized spacial score (nSPS) is 16.3. The highest BCUT2D eigenvalue weighted by Crippen LogP contribution is 2.17. The second kappa shape index (κ2) is 4.38. The van der Waals surface area contributed by atoms with Crippen LogP contribution in [-0.2, 0) is 0 Å². The van der Waals surface area contributed by atoms with E-state index in [1.54, 1.807) is 0 Å². The maximum Gasteiger partial charge on any atom is 0.176 e. The van der Waals surface area contributed by atoms with E-state index in [0.29, 0.717) is 12.6 Å². The Bertz CT molecular complexity index is 303. The van der Waals surface area contributed by atoms with Gasteiger partial charge in [-0.25, -0.2) is 0 Å². The zero-order chi connectivity index (χ0) is 9.80. The molecule has 0 atom stereocenters. The van der Waals surface area contributed by atoms with Gasteiger partial charge in [-0.3, -0.25) is 4.79 Å². The molecule has 0 unspecified atom stereocenters. The summed E-state index contributed by atoms with van der Waals surface area (Å²) in [6.45, 7) is 0.481. The van der Waals surface area contributed by atoms with Gasteiger partial charge in [0.05, 0.1) is 6.54 Å². The van der Waals surface area contributed by atoms with E-state index in [4.69, 9.17) is 0 Å². The van der Waals surface area contributed by atoms with Crippen LogP contribution in [0.15, 0.2) is 30.3 Å². The molecule has 14 heavy (non-hydrogen) atoms. The van der Waals surface area contributed by atoms with Crippen molar-refractivity contribution in [2.75, 3.05) is 6.54 Å². The number of benzene rings is 1. The molecule has 1 aliphatic carbocycles. The Kier molecular flexibility index (Phi) is 2.94. The molecule has 0 heterocycles. The van der Waals surface area contributed by atoms with E-state index in [9.17, 15) is 4.79 Å². The molecule has 2 heteroatoms. The van der Waals surface area contributed by atoms with Gasteiger partial charge < -0.3 is 5.32 Å². The Morgan fingerprint density at radius 2 is 2.00 bits per heavy atom. The van der Waals surface area contributed by atoms with Crippen LogP contribution in [0, 0.1) is 0 Å². The average Bonchev–Trinajstić information content (AvgIpc) is 2.16. The maximum absolute atomic E-state index is 11.6. The van der Waals surface area contributed by atoms with Gasteiger partial charge in [-0.1, -0.05) is 36.8 Å². The summed E-state index contributed by atoms with van der Waals surface area (Å²) in [5.41, 5.74) is 0.805. The summed E-state index contributed by atoms with van der Waals surface area (Å²) in [5.74, 6) is 0.192. The summed E-state index contributed by atoms with van der Waals surface area (Å²) in [5, 5.41) is 3.27. The Morgan fingerprint density at radius 1 is 1.29 bits per heavy atom. The third-order valence-electron chi connectivity index (χ3n) is 2.75. The molecule has 0 bridgehead atoms. The van der Waals surface area contributed by atoms with Crippen LogP contribution in [0.4, 0.5) is 0 Å². The zero-order valence-electron chi connectivity index (χ0n) is 8.20. The van der Waals surface area contributed by atoms with Gasteiger partial charge in [0.15, 0.2) is 5.78 Å². The largest absolute Gasteiger partial charge is 0.307 e. The molecule has 0 aliphatic heterocycles. The Labute approximate surface area is 84.3 Å². The fourth-order valence-corrected chi connectivity index (χ4v) is 1.58. The summed E-state index contributed by atoms with van der Waals surface area (Å²) in [6, 6.07) is 10.0. The van der Waals surface area contributed by atoms with Crippen LogP contribution in [0.3, 0.4) is 0 Å². The lowest BCUT2D eigenvalue weighted by Crippen LogP contribution is -2.38. The first-order chi connectivity index (χ1) is 6.86. The number of carbonyl (C=O) groups is 1. The SMILES string of the molecule is O=C(CNC1CCC1)c1ccccc1. The number of hydrogen-bond donors (Lipinski definition) is 1. The number of nitrogens with one attached hydrogen (secondary N) is 1. The lowest BCUT2D eigenvalue weighted by Gasteiger charge is -2.26. The van der Waals surface area contributed by atoms with Crippen molar-refractivity contribution in [2.24, 2.45) is 0 Å². The molecule has 1 fully saturated rings. The summed E-state index contributed by atoms with van der Waals surface area (Å²) in [6.07, 6.45) is 3.75. The van der Waals surface area contributed by atoms with Crippen molar-refractivity contribution >= 4 is 5.78 Å². The highest BCUT2D eigenvalue weighted by atomic mass is 16.1. The molecule has 1 aromatic carbocycles. The molecule has 2 nitrogen and oxygen atoms in total.